The molecule has 2 N–H and O–H groups in total. The van der Waals surface area contributed by atoms with Gasteiger partial charge in [-0.05, 0) is 56.5 Å². The van der Waals surface area contributed by atoms with Gasteiger partial charge in [0, 0.05) is 25.3 Å². The van der Waals surface area contributed by atoms with E-state index in [1.807, 2.05) is 7.05 Å². The highest BCUT2D eigenvalue weighted by Gasteiger charge is 2.21. The first-order valence-corrected chi connectivity index (χ1v) is 7.52. The van der Waals surface area contributed by atoms with Crippen molar-refractivity contribution in [1.82, 2.24) is 4.90 Å². The molecule has 0 aliphatic heterocycles. The van der Waals surface area contributed by atoms with Crippen molar-refractivity contribution in [3.8, 4) is 0 Å². The average Bonchev–Trinajstić information content (AvgIpc) is 3.24. The highest BCUT2D eigenvalue weighted by molar-refractivity contribution is 5.21. The summed E-state index contributed by atoms with van der Waals surface area (Å²) in [7, 11) is 2.00. The SMILES string of the molecule is CN(CCOCC1CC1)CCC(N)c1cc(F)cc(F)c1. The van der Waals surface area contributed by atoms with Crippen molar-refractivity contribution in [3.05, 3.63) is 35.4 Å². The predicted octanol–water partition coefficient (Wildman–Crippen LogP) is 2.71. The number of rotatable bonds is 9. The maximum absolute atomic E-state index is 13.1. The maximum atomic E-state index is 13.1. The number of likely N-dealkylation sites (N-methyl/N-ethyl adjacent to an activating group) is 1. The van der Waals surface area contributed by atoms with Crippen LogP contribution in [0.15, 0.2) is 18.2 Å². The van der Waals surface area contributed by atoms with Crippen molar-refractivity contribution in [2.45, 2.75) is 25.3 Å². The van der Waals surface area contributed by atoms with Gasteiger partial charge in [0.05, 0.1) is 6.61 Å². The summed E-state index contributed by atoms with van der Waals surface area (Å²) in [5, 5.41) is 0. The van der Waals surface area contributed by atoms with Crippen LogP contribution in [0, 0.1) is 17.6 Å². The number of ether oxygens (including phenoxy) is 1. The van der Waals surface area contributed by atoms with Gasteiger partial charge in [-0.15, -0.1) is 0 Å². The van der Waals surface area contributed by atoms with E-state index in [0.29, 0.717) is 12.0 Å². The topological polar surface area (TPSA) is 38.5 Å². The molecule has 0 radical (unpaired) electrons. The Bertz CT molecular complexity index is 432. The molecule has 0 aromatic heterocycles. The summed E-state index contributed by atoms with van der Waals surface area (Å²) in [6.45, 7) is 3.20. The van der Waals surface area contributed by atoms with Crippen LogP contribution in [0.1, 0.15) is 30.9 Å². The van der Waals surface area contributed by atoms with Crippen LogP contribution in [0.25, 0.3) is 0 Å². The number of nitrogens with zero attached hydrogens (tertiary/aromatic N) is 1. The molecule has 1 aromatic rings. The van der Waals surface area contributed by atoms with Gasteiger partial charge in [0.15, 0.2) is 0 Å². The highest BCUT2D eigenvalue weighted by Crippen LogP contribution is 2.28. The molecule has 1 atom stereocenters. The van der Waals surface area contributed by atoms with Crippen LogP contribution in [-0.4, -0.2) is 38.3 Å². The number of hydrogen-bond acceptors (Lipinski definition) is 3. The van der Waals surface area contributed by atoms with E-state index in [0.717, 1.165) is 38.3 Å². The van der Waals surface area contributed by atoms with Gasteiger partial charge >= 0.3 is 0 Å². The second kappa shape index (κ2) is 7.82. The van der Waals surface area contributed by atoms with Gasteiger partial charge in [0.25, 0.3) is 0 Å². The quantitative estimate of drug-likeness (QED) is 0.712. The van der Waals surface area contributed by atoms with Gasteiger partial charge in [-0.1, -0.05) is 0 Å². The Hall–Kier alpha value is -1.04. The summed E-state index contributed by atoms with van der Waals surface area (Å²) in [6.07, 6.45) is 3.26. The fourth-order valence-electron chi connectivity index (χ4n) is 2.18. The van der Waals surface area contributed by atoms with E-state index in [2.05, 4.69) is 4.90 Å². The van der Waals surface area contributed by atoms with Crippen molar-refractivity contribution in [1.29, 1.82) is 0 Å². The fraction of sp³-hybridized carbons (Fsp3) is 0.625. The van der Waals surface area contributed by atoms with Gasteiger partial charge in [0.1, 0.15) is 11.6 Å². The van der Waals surface area contributed by atoms with E-state index in [9.17, 15) is 8.78 Å². The zero-order chi connectivity index (χ0) is 15.2. The number of benzene rings is 1. The lowest BCUT2D eigenvalue weighted by atomic mass is 10.0. The van der Waals surface area contributed by atoms with E-state index >= 15 is 0 Å². The van der Waals surface area contributed by atoms with Crippen molar-refractivity contribution in [3.63, 3.8) is 0 Å². The molecule has 118 valence electrons. The average molecular weight is 298 g/mol. The summed E-state index contributed by atoms with van der Waals surface area (Å²) in [6, 6.07) is 3.10. The van der Waals surface area contributed by atoms with Gasteiger partial charge in [-0.3, -0.25) is 0 Å². The molecule has 1 aliphatic carbocycles. The highest BCUT2D eigenvalue weighted by atomic mass is 19.1. The van der Waals surface area contributed by atoms with Crippen molar-refractivity contribution >= 4 is 0 Å². The fourth-order valence-corrected chi connectivity index (χ4v) is 2.18. The van der Waals surface area contributed by atoms with E-state index in [1.54, 1.807) is 0 Å². The van der Waals surface area contributed by atoms with E-state index < -0.39 is 11.6 Å². The smallest absolute Gasteiger partial charge is 0.126 e. The van der Waals surface area contributed by atoms with Crippen LogP contribution in [0.4, 0.5) is 8.78 Å². The van der Waals surface area contributed by atoms with Gasteiger partial charge < -0.3 is 15.4 Å². The van der Waals surface area contributed by atoms with E-state index in [-0.39, 0.29) is 6.04 Å². The van der Waals surface area contributed by atoms with Crippen molar-refractivity contribution in [2.24, 2.45) is 11.7 Å². The first kappa shape index (κ1) is 16.3. The van der Waals surface area contributed by atoms with Crippen LogP contribution in [0.2, 0.25) is 0 Å². The molecule has 0 spiro atoms. The molecule has 0 amide bonds. The Morgan fingerprint density at radius 1 is 1.24 bits per heavy atom. The molecule has 1 unspecified atom stereocenters. The van der Waals surface area contributed by atoms with Gasteiger partial charge in [-0.2, -0.15) is 0 Å². The van der Waals surface area contributed by atoms with E-state index in [4.69, 9.17) is 10.5 Å². The van der Waals surface area contributed by atoms with Crippen LogP contribution in [-0.2, 0) is 4.74 Å². The third-order valence-corrected chi connectivity index (χ3v) is 3.80. The predicted molar refractivity (Wildman–Crippen MR) is 78.9 cm³/mol. The number of nitrogens with two attached hydrogens (primary N) is 1. The Morgan fingerprint density at radius 2 is 1.90 bits per heavy atom. The molecule has 1 aliphatic rings. The zero-order valence-corrected chi connectivity index (χ0v) is 12.5. The number of hydrogen-bond donors (Lipinski definition) is 1. The summed E-state index contributed by atoms with van der Waals surface area (Å²) >= 11 is 0. The molecule has 1 fully saturated rings. The Labute approximate surface area is 125 Å². The lowest BCUT2D eigenvalue weighted by Gasteiger charge is -2.19. The molecule has 0 saturated heterocycles. The van der Waals surface area contributed by atoms with Crippen molar-refractivity contribution < 1.29 is 13.5 Å². The molecule has 5 heteroatoms. The monoisotopic (exact) mass is 298 g/mol. The van der Waals surface area contributed by atoms with E-state index in [1.165, 1.54) is 25.0 Å². The van der Waals surface area contributed by atoms with Crippen LogP contribution >= 0.6 is 0 Å². The molecule has 0 heterocycles. The van der Waals surface area contributed by atoms with Crippen LogP contribution in [0.3, 0.4) is 0 Å². The van der Waals surface area contributed by atoms with Crippen LogP contribution in [0.5, 0.6) is 0 Å². The summed E-state index contributed by atoms with van der Waals surface area (Å²) in [5.41, 5.74) is 6.50. The van der Waals surface area contributed by atoms with Gasteiger partial charge in [0.2, 0.25) is 0 Å². The molecule has 1 saturated carbocycles. The third kappa shape index (κ3) is 6.08. The second-order valence-corrected chi connectivity index (χ2v) is 5.92. The maximum Gasteiger partial charge on any atom is 0.126 e. The minimum Gasteiger partial charge on any atom is -0.380 e. The molecule has 2 rings (SSSR count). The normalized spacial score (nSPS) is 16.4. The summed E-state index contributed by atoms with van der Waals surface area (Å²) < 4.78 is 31.9. The summed E-state index contributed by atoms with van der Waals surface area (Å²) in [5.74, 6) is -0.379. The molecular formula is C16H24F2N2O. The minimum absolute atomic E-state index is 0.356. The van der Waals surface area contributed by atoms with Crippen molar-refractivity contribution in [2.75, 3.05) is 33.4 Å². The lowest BCUT2D eigenvalue weighted by molar-refractivity contribution is 0.103. The largest absolute Gasteiger partial charge is 0.380 e. The van der Waals surface area contributed by atoms with Gasteiger partial charge in [-0.25, -0.2) is 8.78 Å². The number of halogens is 2. The first-order chi connectivity index (χ1) is 10.0. The standard InChI is InChI=1S/C16H24F2N2O/c1-20(6-7-21-11-12-2-3-12)5-4-16(19)13-8-14(17)10-15(18)9-13/h8-10,12,16H,2-7,11,19H2,1H3. The van der Waals surface area contributed by atoms with Crippen LogP contribution < -0.4 is 5.73 Å². The Balaban J connectivity index is 1.65. The molecule has 1 aromatic carbocycles. The lowest BCUT2D eigenvalue weighted by Crippen LogP contribution is -2.27. The second-order valence-electron chi connectivity index (χ2n) is 5.92. The Kier molecular flexibility index (Phi) is 6.08. The molecule has 3 nitrogen and oxygen atoms in total. The Morgan fingerprint density at radius 3 is 2.52 bits per heavy atom. The summed E-state index contributed by atoms with van der Waals surface area (Å²) in [4.78, 5) is 2.13. The molecule has 21 heavy (non-hydrogen) atoms. The molecular weight excluding hydrogens is 274 g/mol. The molecule has 0 bridgehead atoms. The zero-order valence-electron chi connectivity index (χ0n) is 12.5. The minimum atomic E-state index is -0.581. The third-order valence-electron chi connectivity index (χ3n) is 3.80. The first-order valence-electron chi connectivity index (χ1n) is 7.52.